The largest absolute Gasteiger partial charge is 0.256 e. The minimum Gasteiger partial charge on any atom is -0.256 e. The van der Waals surface area contributed by atoms with Gasteiger partial charge in [0.25, 0.3) is 0 Å². The molecule has 0 atom stereocenters. The molecule has 0 bridgehead atoms. The second-order valence-electron chi connectivity index (χ2n) is 7.16. The molecule has 0 unspecified atom stereocenters. The highest BCUT2D eigenvalue weighted by Gasteiger charge is 2.33. The Labute approximate surface area is 151 Å². The number of nitrogens with zero attached hydrogens (tertiary/aromatic N) is 1. The van der Waals surface area contributed by atoms with Crippen molar-refractivity contribution in [3.63, 3.8) is 0 Å². The van der Waals surface area contributed by atoms with Gasteiger partial charge in [-0.2, -0.15) is 0 Å². The molecule has 0 amide bonds. The van der Waals surface area contributed by atoms with Crippen LogP contribution in [-0.4, -0.2) is 36.4 Å². The Kier molecular flexibility index (Phi) is 5.42. The Hall–Kier alpha value is -1.37. The smallest absolute Gasteiger partial charge is 0.0704 e. The van der Waals surface area contributed by atoms with Crippen molar-refractivity contribution in [3.05, 3.63) is 53.7 Å². The number of pyridine rings is 1. The van der Waals surface area contributed by atoms with Crippen molar-refractivity contribution in [1.29, 1.82) is 0 Å². The molecule has 2 aromatic rings. The Morgan fingerprint density at radius 3 is 1.79 bits per heavy atom. The zero-order valence-electron chi connectivity index (χ0n) is 15.0. The third kappa shape index (κ3) is 3.50. The molecule has 0 aliphatic rings. The van der Waals surface area contributed by atoms with Crippen molar-refractivity contribution in [2.75, 3.05) is 0 Å². The van der Waals surface area contributed by atoms with Crippen molar-refractivity contribution in [3.8, 4) is 11.3 Å². The van der Waals surface area contributed by atoms with Gasteiger partial charge in [-0.1, -0.05) is 85.9 Å². The second-order valence-corrected chi connectivity index (χ2v) is 7.16. The summed E-state index contributed by atoms with van der Waals surface area (Å²) in [4.78, 5) is 4.56. The van der Waals surface area contributed by atoms with Crippen LogP contribution in [0.3, 0.4) is 0 Å². The zero-order valence-corrected chi connectivity index (χ0v) is 15.0. The van der Waals surface area contributed by atoms with Gasteiger partial charge in [0.05, 0.1) is 37.1 Å². The van der Waals surface area contributed by atoms with E-state index in [0.29, 0.717) is 5.56 Å². The fourth-order valence-electron chi connectivity index (χ4n) is 2.55. The highest BCUT2D eigenvalue weighted by atomic mass is 14.7. The predicted octanol–water partition coefficient (Wildman–Crippen LogP) is 3.04. The predicted molar refractivity (Wildman–Crippen MR) is 106 cm³/mol. The quantitative estimate of drug-likeness (QED) is 0.774. The minimum atomic E-state index is -1.06. The summed E-state index contributed by atoms with van der Waals surface area (Å²) in [7, 11) is 25.7. The number of hydrogen-bond donors (Lipinski definition) is 0. The fraction of sp³-hybridized carbons (Fsp3) is 0.421. The molecule has 1 aromatic carbocycles. The van der Waals surface area contributed by atoms with Gasteiger partial charge in [0, 0.05) is 11.8 Å². The maximum atomic E-state index is 6.46. The Morgan fingerprint density at radius 1 is 0.792 bits per heavy atom. The Bertz CT molecular complexity index is 694. The van der Waals surface area contributed by atoms with E-state index in [1.807, 2.05) is 64.1 Å². The molecule has 24 heavy (non-hydrogen) atoms. The van der Waals surface area contributed by atoms with Crippen molar-refractivity contribution in [1.82, 2.24) is 4.98 Å². The fourth-order valence-corrected chi connectivity index (χ4v) is 2.55. The van der Waals surface area contributed by atoms with E-state index < -0.39 is 10.4 Å². The molecule has 0 saturated heterocycles. The van der Waals surface area contributed by atoms with Crippen LogP contribution in [-0.2, 0) is 10.4 Å². The number of hydrogen-bond acceptors (Lipinski definition) is 1. The van der Waals surface area contributed by atoms with Crippen LogP contribution in [0.2, 0.25) is 0 Å². The molecule has 0 fully saturated rings. The van der Waals surface area contributed by atoms with Crippen LogP contribution in [0.1, 0.15) is 38.8 Å². The van der Waals surface area contributed by atoms with Crippen LogP contribution in [0.15, 0.2) is 42.6 Å². The van der Waals surface area contributed by atoms with Gasteiger partial charge in [0.2, 0.25) is 0 Å². The molecule has 0 saturated carbocycles. The first-order chi connectivity index (χ1) is 11.1. The first-order valence-electron chi connectivity index (χ1n) is 8.30. The highest BCUT2D eigenvalue weighted by molar-refractivity contribution is 6.42. The van der Waals surface area contributed by atoms with Crippen LogP contribution in [0.25, 0.3) is 11.3 Å². The summed E-state index contributed by atoms with van der Waals surface area (Å²) >= 11 is 0. The highest BCUT2D eigenvalue weighted by Crippen LogP contribution is 2.37. The summed E-state index contributed by atoms with van der Waals surface area (Å²) in [5.74, 6) is 0.00817. The van der Waals surface area contributed by atoms with Crippen LogP contribution >= 0.6 is 0 Å². The average Bonchev–Trinajstić information content (AvgIpc) is 2.54. The van der Waals surface area contributed by atoms with E-state index in [2.05, 4.69) is 4.98 Å². The van der Waals surface area contributed by atoms with Crippen LogP contribution in [0.5, 0.6) is 0 Å². The molecule has 114 valence electrons. The molecule has 1 nitrogen and oxygen atoms in total. The Balaban J connectivity index is 2.70. The zero-order chi connectivity index (χ0) is 18.1. The van der Waals surface area contributed by atoms with Crippen molar-refractivity contribution < 1.29 is 0 Å². The lowest BCUT2D eigenvalue weighted by atomic mass is 9.40. The van der Waals surface area contributed by atoms with Gasteiger partial charge in [-0.05, 0) is 11.6 Å². The first kappa shape index (κ1) is 19.0. The summed E-state index contributed by atoms with van der Waals surface area (Å²) < 4.78 is 0. The van der Waals surface area contributed by atoms with Crippen molar-refractivity contribution in [2.24, 2.45) is 11.8 Å². The Morgan fingerprint density at radius 2 is 1.29 bits per heavy atom. The third-order valence-corrected chi connectivity index (χ3v) is 4.82. The number of rotatable bonds is 5. The molecular formula is C19H21B4N. The lowest BCUT2D eigenvalue weighted by molar-refractivity contribution is 0.533. The van der Waals surface area contributed by atoms with E-state index in [9.17, 15) is 0 Å². The first-order valence-corrected chi connectivity index (χ1v) is 8.30. The van der Waals surface area contributed by atoms with Gasteiger partial charge in [-0.3, -0.25) is 4.98 Å². The number of aromatic nitrogens is 1. The second kappa shape index (κ2) is 6.86. The molecule has 5 heteroatoms. The van der Waals surface area contributed by atoms with Crippen LogP contribution < -0.4 is 0 Å². The monoisotopic (exact) mass is 307 g/mol. The summed E-state index contributed by atoms with van der Waals surface area (Å²) in [6.07, 6.45) is 1.72. The lowest BCUT2D eigenvalue weighted by Crippen LogP contribution is -2.41. The molecule has 2 rings (SSSR count). The molecule has 0 spiro atoms. The van der Waals surface area contributed by atoms with E-state index in [1.54, 1.807) is 6.20 Å². The third-order valence-electron chi connectivity index (χ3n) is 4.82. The van der Waals surface area contributed by atoms with Gasteiger partial charge in [0.15, 0.2) is 0 Å². The average molecular weight is 307 g/mol. The molecule has 0 aliphatic carbocycles. The summed E-state index contributed by atoms with van der Waals surface area (Å²) in [6.45, 7) is 7.91. The van der Waals surface area contributed by atoms with E-state index >= 15 is 0 Å². The van der Waals surface area contributed by atoms with E-state index in [-0.39, 0.29) is 11.8 Å². The summed E-state index contributed by atoms with van der Waals surface area (Å²) in [5, 5.41) is -2.11. The standard InChI is InChI=1S/C19H21B4N/c1-12(2)18(20,21)15-10-17(14-8-6-5-7-9-14)24-11-16(15)19(22,23)13(3)4/h5-13H,1-4H3. The normalized spacial score (nSPS) is 12.8. The van der Waals surface area contributed by atoms with E-state index in [1.165, 1.54) is 0 Å². The van der Waals surface area contributed by atoms with Gasteiger partial charge in [-0.25, -0.2) is 0 Å². The maximum Gasteiger partial charge on any atom is 0.0704 e. The van der Waals surface area contributed by atoms with Crippen LogP contribution in [0, 0.1) is 11.8 Å². The number of benzene rings is 1. The van der Waals surface area contributed by atoms with Gasteiger partial charge < -0.3 is 0 Å². The summed E-state index contributed by atoms with van der Waals surface area (Å²) in [5.41, 5.74) is 3.23. The molecule has 1 aromatic heterocycles. The van der Waals surface area contributed by atoms with Gasteiger partial charge >= 0.3 is 0 Å². The van der Waals surface area contributed by atoms with Crippen molar-refractivity contribution in [2.45, 2.75) is 38.1 Å². The molecule has 0 aliphatic heterocycles. The molecule has 1 heterocycles. The summed E-state index contributed by atoms with van der Waals surface area (Å²) in [6, 6.07) is 11.8. The molecule has 8 radical (unpaired) electrons. The topological polar surface area (TPSA) is 12.9 Å². The SMILES string of the molecule is [B]C([B])(c1cnc(-c2ccccc2)cc1C([B])([B])C(C)C)C(C)C. The maximum absolute atomic E-state index is 6.46. The minimum absolute atomic E-state index is 0.00332. The lowest BCUT2D eigenvalue weighted by Gasteiger charge is -2.40. The molecule has 0 N–H and O–H groups in total. The van der Waals surface area contributed by atoms with Crippen molar-refractivity contribution >= 4 is 31.4 Å². The molecular weight excluding hydrogens is 285 g/mol. The van der Waals surface area contributed by atoms with Gasteiger partial charge in [-0.15, -0.1) is 0 Å². The van der Waals surface area contributed by atoms with Crippen LogP contribution in [0.4, 0.5) is 0 Å². The van der Waals surface area contributed by atoms with Gasteiger partial charge in [0.1, 0.15) is 0 Å². The van der Waals surface area contributed by atoms with E-state index in [0.717, 1.165) is 16.8 Å². The van der Waals surface area contributed by atoms with E-state index in [4.69, 9.17) is 31.4 Å².